The van der Waals surface area contributed by atoms with Crippen molar-refractivity contribution in [2.45, 2.75) is 22.6 Å². The van der Waals surface area contributed by atoms with Gasteiger partial charge in [-0.05, 0) is 59.4 Å². The molecule has 0 saturated heterocycles. The summed E-state index contributed by atoms with van der Waals surface area (Å²) >= 11 is 0. The maximum Gasteiger partial charge on any atom is 0.0849 e. The lowest BCUT2D eigenvalue weighted by Gasteiger charge is -2.08. The second-order valence-electron chi connectivity index (χ2n) is 6.89. The molecule has 4 aromatic carbocycles. The summed E-state index contributed by atoms with van der Waals surface area (Å²) in [6.07, 6.45) is 1.69. The van der Waals surface area contributed by atoms with Crippen LogP contribution in [0.25, 0.3) is 0 Å². The van der Waals surface area contributed by atoms with Gasteiger partial charge in [0.25, 0.3) is 0 Å². The van der Waals surface area contributed by atoms with E-state index in [1.807, 2.05) is 36.4 Å². The van der Waals surface area contributed by atoms with Crippen LogP contribution in [0.15, 0.2) is 119 Å². The second-order valence-corrected chi connectivity index (χ2v) is 8.37. The Morgan fingerprint density at radius 2 is 0.857 bits per heavy atom. The molecule has 0 spiro atoms. The number of hydrogen-bond donors (Lipinski definition) is 0. The monoisotopic (exact) mass is 382 g/mol. The van der Waals surface area contributed by atoms with Gasteiger partial charge in [-0.2, -0.15) is 0 Å². The molecule has 0 N–H and O–H groups in total. The Labute approximate surface area is 169 Å². The predicted molar refractivity (Wildman–Crippen MR) is 116 cm³/mol. The van der Waals surface area contributed by atoms with Crippen molar-refractivity contribution in [3.63, 3.8) is 0 Å². The van der Waals surface area contributed by atoms with Gasteiger partial charge < -0.3 is 0 Å². The molecule has 1 nitrogen and oxygen atoms in total. The predicted octanol–water partition coefficient (Wildman–Crippen LogP) is 6.03. The summed E-state index contributed by atoms with van der Waals surface area (Å²) in [5, 5.41) is 0. The molecular formula is C26H22OS. The molecular weight excluding hydrogens is 360 g/mol. The Morgan fingerprint density at radius 3 is 1.29 bits per heavy atom. The van der Waals surface area contributed by atoms with E-state index in [0.29, 0.717) is 0 Å². The molecule has 0 amide bonds. The van der Waals surface area contributed by atoms with E-state index < -0.39 is 10.8 Å². The van der Waals surface area contributed by atoms with Crippen molar-refractivity contribution < 1.29 is 4.21 Å². The van der Waals surface area contributed by atoms with Crippen LogP contribution in [0.3, 0.4) is 0 Å². The van der Waals surface area contributed by atoms with E-state index in [4.69, 9.17) is 0 Å². The Hall–Kier alpha value is -2.97. The van der Waals surface area contributed by atoms with Crippen molar-refractivity contribution in [2.24, 2.45) is 0 Å². The van der Waals surface area contributed by atoms with E-state index >= 15 is 0 Å². The molecule has 0 aliphatic heterocycles. The van der Waals surface area contributed by atoms with E-state index in [0.717, 1.165) is 22.6 Å². The summed E-state index contributed by atoms with van der Waals surface area (Å²) in [5.74, 6) is 0. The zero-order valence-electron chi connectivity index (χ0n) is 15.6. The minimum Gasteiger partial charge on any atom is -0.249 e. The first-order chi connectivity index (χ1) is 13.8. The van der Waals surface area contributed by atoms with Crippen molar-refractivity contribution in [1.82, 2.24) is 0 Å². The SMILES string of the molecule is O=S(c1cccc(Cc2ccccc2)c1)c1cccc(Cc2ccccc2)c1. The second kappa shape index (κ2) is 8.81. The van der Waals surface area contributed by atoms with Crippen molar-refractivity contribution >= 4 is 10.8 Å². The Bertz CT molecular complexity index is 985. The van der Waals surface area contributed by atoms with Crippen LogP contribution in [-0.2, 0) is 23.6 Å². The first-order valence-corrected chi connectivity index (χ1v) is 10.6. The lowest BCUT2D eigenvalue weighted by molar-refractivity contribution is 0.683. The Morgan fingerprint density at radius 1 is 0.464 bits per heavy atom. The summed E-state index contributed by atoms with van der Waals surface area (Å²) in [5.41, 5.74) is 4.88. The lowest BCUT2D eigenvalue weighted by Crippen LogP contribution is -1.97. The average Bonchev–Trinajstić information content (AvgIpc) is 2.75. The van der Waals surface area contributed by atoms with Crippen LogP contribution < -0.4 is 0 Å². The maximum absolute atomic E-state index is 13.2. The standard InChI is InChI=1S/C26H22OS/c27-28(25-15-7-13-23(19-25)17-21-9-3-1-4-10-21)26-16-8-14-24(20-26)18-22-11-5-2-6-12-22/h1-16,19-20H,17-18H2. The minimum atomic E-state index is -1.18. The van der Waals surface area contributed by atoms with E-state index in [1.54, 1.807) is 0 Å². The molecule has 0 bridgehead atoms. The molecule has 0 aromatic heterocycles. The first kappa shape index (κ1) is 18.4. The number of rotatable bonds is 6. The molecule has 0 saturated carbocycles. The summed E-state index contributed by atoms with van der Waals surface area (Å²) < 4.78 is 13.2. The fraction of sp³-hybridized carbons (Fsp3) is 0.0769. The fourth-order valence-corrected chi connectivity index (χ4v) is 4.53. The third kappa shape index (κ3) is 4.65. The van der Waals surface area contributed by atoms with Gasteiger partial charge in [-0.3, -0.25) is 0 Å². The van der Waals surface area contributed by atoms with E-state index in [9.17, 15) is 4.21 Å². The van der Waals surface area contributed by atoms with E-state index in [-0.39, 0.29) is 0 Å². The van der Waals surface area contributed by atoms with Crippen molar-refractivity contribution in [1.29, 1.82) is 0 Å². The van der Waals surface area contributed by atoms with Crippen LogP contribution >= 0.6 is 0 Å². The van der Waals surface area contributed by atoms with Crippen LogP contribution in [0.1, 0.15) is 22.3 Å². The van der Waals surface area contributed by atoms with E-state index in [2.05, 4.69) is 72.8 Å². The molecule has 0 aliphatic rings. The fourth-order valence-electron chi connectivity index (χ4n) is 3.34. The van der Waals surface area contributed by atoms with Crippen molar-refractivity contribution in [2.75, 3.05) is 0 Å². The third-order valence-corrected chi connectivity index (χ3v) is 6.09. The Balaban J connectivity index is 1.54. The minimum absolute atomic E-state index is 0.847. The Kier molecular flexibility index (Phi) is 5.79. The van der Waals surface area contributed by atoms with Gasteiger partial charge in [0.2, 0.25) is 0 Å². The quantitative estimate of drug-likeness (QED) is 0.398. The molecule has 0 heterocycles. The molecule has 0 unspecified atom stereocenters. The summed E-state index contributed by atoms with van der Waals surface area (Å²) in [6, 6.07) is 37.0. The van der Waals surface area contributed by atoms with E-state index in [1.165, 1.54) is 22.3 Å². The first-order valence-electron chi connectivity index (χ1n) is 9.45. The van der Waals surface area contributed by atoms with Gasteiger partial charge >= 0.3 is 0 Å². The van der Waals surface area contributed by atoms with Crippen LogP contribution in [-0.4, -0.2) is 4.21 Å². The topological polar surface area (TPSA) is 17.1 Å². The third-order valence-electron chi connectivity index (χ3n) is 4.73. The van der Waals surface area contributed by atoms with Crippen molar-refractivity contribution in [3.8, 4) is 0 Å². The van der Waals surface area contributed by atoms with Crippen LogP contribution in [0.4, 0.5) is 0 Å². The highest BCUT2D eigenvalue weighted by Gasteiger charge is 2.09. The average molecular weight is 383 g/mol. The van der Waals surface area contributed by atoms with Gasteiger partial charge in [0.05, 0.1) is 10.8 Å². The zero-order chi connectivity index (χ0) is 19.2. The molecule has 0 atom stereocenters. The molecule has 4 aromatic rings. The highest BCUT2D eigenvalue weighted by atomic mass is 32.2. The highest BCUT2D eigenvalue weighted by Crippen LogP contribution is 2.21. The lowest BCUT2D eigenvalue weighted by atomic mass is 10.1. The van der Waals surface area contributed by atoms with Gasteiger partial charge in [-0.15, -0.1) is 0 Å². The zero-order valence-corrected chi connectivity index (χ0v) is 16.4. The largest absolute Gasteiger partial charge is 0.249 e. The molecule has 138 valence electrons. The van der Waals surface area contributed by atoms with Crippen LogP contribution in [0.5, 0.6) is 0 Å². The maximum atomic E-state index is 13.2. The summed E-state index contributed by atoms with van der Waals surface area (Å²) in [6.45, 7) is 0. The molecule has 28 heavy (non-hydrogen) atoms. The van der Waals surface area contributed by atoms with Gasteiger partial charge in [-0.25, -0.2) is 4.21 Å². The van der Waals surface area contributed by atoms with Crippen LogP contribution in [0, 0.1) is 0 Å². The smallest absolute Gasteiger partial charge is 0.0849 e. The normalized spacial score (nSPS) is 10.9. The number of hydrogen-bond acceptors (Lipinski definition) is 1. The molecule has 4 rings (SSSR count). The van der Waals surface area contributed by atoms with Gasteiger partial charge in [0.1, 0.15) is 0 Å². The van der Waals surface area contributed by atoms with Gasteiger partial charge in [0.15, 0.2) is 0 Å². The highest BCUT2D eigenvalue weighted by molar-refractivity contribution is 7.85. The van der Waals surface area contributed by atoms with Crippen molar-refractivity contribution in [3.05, 3.63) is 131 Å². The molecule has 0 fully saturated rings. The summed E-state index contributed by atoms with van der Waals surface area (Å²) in [7, 11) is -1.18. The van der Waals surface area contributed by atoms with Gasteiger partial charge in [-0.1, -0.05) is 84.9 Å². The van der Waals surface area contributed by atoms with Crippen LogP contribution in [0.2, 0.25) is 0 Å². The molecule has 2 heteroatoms. The molecule has 0 aliphatic carbocycles. The number of benzene rings is 4. The summed E-state index contributed by atoms with van der Waals surface area (Å²) in [4.78, 5) is 1.70. The molecule has 0 radical (unpaired) electrons. The van der Waals surface area contributed by atoms with Gasteiger partial charge in [0, 0.05) is 9.79 Å².